The summed E-state index contributed by atoms with van der Waals surface area (Å²) in [6, 6.07) is 17.6. The van der Waals surface area contributed by atoms with Crippen LogP contribution in [0.2, 0.25) is 0 Å². The van der Waals surface area contributed by atoms with E-state index in [1.807, 2.05) is 48.2 Å². The molecule has 0 bridgehead atoms. The maximum Gasteiger partial charge on any atom is 0.294 e. The number of fused-ring (bicyclic) bond motifs is 4. The Morgan fingerprint density at radius 2 is 2.00 bits per heavy atom. The van der Waals surface area contributed by atoms with E-state index in [-0.39, 0.29) is 17.8 Å². The number of benzene rings is 2. The van der Waals surface area contributed by atoms with Gasteiger partial charge in [0.15, 0.2) is 0 Å². The van der Waals surface area contributed by atoms with Crippen LogP contribution in [0.5, 0.6) is 5.75 Å². The van der Waals surface area contributed by atoms with Crippen molar-refractivity contribution in [2.24, 2.45) is 0 Å². The number of aromatic nitrogens is 5. The molecule has 1 aliphatic heterocycles. The van der Waals surface area contributed by atoms with Gasteiger partial charge in [-0.05, 0) is 37.1 Å². The summed E-state index contributed by atoms with van der Waals surface area (Å²) < 4.78 is 7.49. The molecule has 0 aliphatic carbocycles. The van der Waals surface area contributed by atoms with Crippen LogP contribution in [0.1, 0.15) is 40.4 Å². The van der Waals surface area contributed by atoms with Crippen LogP contribution in [0.4, 0.5) is 0 Å². The zero-order valence-corrected chi connectivity index (χ0v) is 18.1. The fourth-order valence-corrected chi connectivity index (χ4v) is 4.73. The molecule has 0 unspecified atom stereocenters. The quantitative estimate of drug-likeness (QED) is 0.461. The van der Waals surface area contributed by atoms with E-state index in [4.69, 9.17) is 4.74 Å². The molecular formula is C25H22N6O2. The second-order valence-corrected chi connectivity index (χ2v) is 7.98. The van der Waals surface area contributed by atoms with Gasteiger partial charge in [-0.25, -0.2) is 9.50 Å². The molecule has 33 heavy (non-hydrogen) atoms. The van der Waals surface area contributed by atoms with Crippen molar-refractivity contribution >= 4 is 22.6 Å². The summed E-state index contributed by atoms with van der Waals surface area (Å²) in [7, 11) is 0. The number of nitrogens with one attached hydrogen (secondary N) is 1. The minimum atomic E-state index is -0.351. The van der Waals surface area contributed by atoms with Crippen LogP contribution in [0.15, 0.2) is 67.0 Å². The largest absolute Gasteiger partial charge is 0.494 e. The van der Waals surface area contributed by atoms with Crippen molar-refractivity contribution < 1.29 is 9.53 Å². The number of carbonyl (C=O) groups is 1. The number of rotatable bonds is 4. The third-order valence-corrected chi connectivity index (χ3v) is 6.12. The summed E-state index contributed by atoms with van der Waals surface area (Å²) in [5.74, 6) is 1.06. The number of carbonyl (C=O) groups excluding carboxylic acids is 1. The van der Waals surface area contributed by atoms with Gasteiger partial charge in [0.05, 0.1) is 6.61 Å². The van der Waals surface area contributed by atoms with E-state index < -0.39 is 0 Å². The number of H-pyrrole nitrogens is 1. The van der Waals surface area contributed by atoms with Gasteiger partial charge < -0.3 is 14.6 Å². The highest BCUT2D eigenvalue weighted by atomic mass is 16.5. The Morgan fingerprint density at radius 3 is 2.88 bits per heavy atom. The molecule has 1 atom stereocenters. The summed E-state index contributed by atoms with van der Waals surface area (Å²) in [6.45, 7) is 3.04. The summed E-state index contributed by atoms with van der Waals surface area (Å²) >= 11 is 0. The fourth-order valence-electron chi connectivity index (χ4n) is 4.73. The van der Waals surface area contributed by atoms with Gasteiger partial charge in [0, 0.05) is 41.1 Å². The predicted octanol–water partition coefficient (Wildman–Crippen LogP) is 3.79. The zero-order chi connectivity index (χ0) is 22.4. The molecule has 4 heterocycles. The molecule has 0 saturated heterocycles. The van der Waals surface area contributed by atoms with Crippen LogP contribution in [0, 0.1) is 0 Å². The van der Waals surface area contributed by atoms with Gasteiger partial charge >= 0.3 is 0 Å². The van der Waals surface area contributed by atoms with Gasteiger partial charge in [-0.15, -0.1) is 5.10 Å². The topological polar surface area (TPSA) is 88.4 Å². The van der Waals surface area contributed by atoms with Crippen LogP contribution < -0.4 is 4.74 Å². The first-order valence-electron chi connectivity index (χ1n) is 11.0. The summed E-state index contributed by atoms with van der Waals surface area (Å²) in [4.78, 5) is 27.8. The molecule has 1 aliphatic rings. The molecule has 0 spiro atoms. The third-order valence-electron chi connectivity index (χ3n) is 6.12. The Kier molecular flexibility index (Phi) is 4.57. The first kappa shape index (κ1) is 19.5. The van der Waals surface area contributed by atoms with Gasteiger partial charge in [0.2, 0.25) is 5.82 Å². The van der Waals surface area contributed by atoms with Gasteiger partial charge in [-0.1, -0.05) is 36.4 Å². The van der Waals surface area contributed by atoms with Crippen LogP contribution in [0.3, 0.4) is 0 Å². The molecule has 5 aromatic rings. The number of amides is 1. The van der Waals surface area contributed by atoms with Crippen molar-refractivity contribution in [3.8, 4) is 5.75 Å². The fraction of sp³-hybridized carbons (Fsp3) is 0.200. The van der Waals surface area contributed by atoms with E-state index in [0.717, 1.165) is 28.9 Å². The molecule has 1 N–H and O–H groups in total. The van der Waals surface area contributed by atoms with E-state index in [1.165, 1.54) is 15.5 Å². The molecule has 1 amide bonds. The number of nitrogens with zero attached hydrogens (tertiary/aromatic N) is 5. The second kappa shape index (κ2) is 7.74. The lowest BCUT2D eigenvalue weighted by Gasteiger charge is -2.36. The maximum absolute atomic E-state index is 13.8. The summed E-state index contributed by atoms with van der Waals surface area (Å²) in [6.07, 6.45) is 4.11. The Balaban J connectivity index is 1.52. The molecule has 8 heteroatoms. The number of hydrogen-bond acceptors (Lipinski definition) is 5. The minimum absolute atomic E-state index is 0.132. The minimum Gasteiger partial charge on any atom is -0.494 e. The van der Waals surface area contributed by atoms with Gasteiger partial charge in [0.25, 0.3) is 11.7 Å². The van der Waals surface area contributed by atoms with E-state index in [2.05, 4.69) is 32.2 Å². The highest BCUT2D eigenvalue weighted by Gasteiger charge is 2.37. The summed E-state index contributed by atoms with van der Waals surface area (Å²) in [5, 5.41) is 5.57. The monoisotopic (exact) mass is 438 g/mol. The SMILES string of the molecule is CCOc1ccccc1[C@H]1c2[nH]c3ccccc3c2CCN1C(=O)c1nc2ncccn2n1. The van der Waals surface area contributed by atoms with E-state index in [1.54, 1.807) is 18.5 Å². The average Bonchev–Trinajstić information content (AvgIpc) is 3.45. The smallest absolute Gasteiger partial charge is 0.294 e. The first-order valence-corrected chi connectivity index (χ1v) is 11.0. The van der Waals surface area contributed by atoms with Gasteiger partial charge in [-0.3, -0.25) is 4.79 Å². The normalized spacial score (nSPS) is 15.7. The van der Waals surface area contributed by atoms with Crippen molar-refractivity contribution in [2.45, 2.75) is 19.4 Å². The second-order valence-electron chi connectivity index (χ2n) is 7.98. The molecule has 3 aromatic heterocycles. The predicted molar refractivity (Wildman–Crippen MR) is 123 cm³/mol. The average molecular weight is 438 g/mol. The van der Waals surface area contributed by atoms with Crippen LogP contribution in [-0.4, -0.2) is 48.5 Å². The van der Waals surface area contributed by atoms with Crippen LogP contribution >= 0.6 is 0 Å². The Bertz CT molecular complexity index is 1450. The van der Waals surface area contributed by atoms with E-state index >= 15 is 0 Å². The van der Waals surface area contributed by atoms with E-state index in [9.17, 15) is 4.79 Å². The molecule has 0 radical (unpaired) electrons. The van der Waals surface area contributed by atoms with Crippen LogP contribution in [-0.2, 0) is 6.42 Å². The van der Waals surface area contributed by atoms with Crippen LogP contribution in [0.25, 0.3) is 16.7 Å². The Morgan fingerprint density at radius 1 is 1.15 bits per heavy atom. The summed E-state index contributed by atoms with van der Waals surface area (Å²) in [5.41, 5.74) is 4.23. The number of ether oxygens (including phenoxy) is 1. The molecule has 0 fully saturated rings. The maximum atomic E-state index is 13.8. The highest BCUT2D eigenvalue weighted by Crippen LogP contribution is 2.41. The lowest BCUT2D eigenvalue weighted by molar-refractivity contribution is 0.0677. The lowest BCUT2D eigenvalue weighted by Crippen LogP contribution is -2.41. The molecule has 164 valence electrons. The number of para-hydroxylation sites is 2. The standard InChI is InChI=1S/C25H22N6O2/c1-2-33-20-11-6-4-9-18(20)22-21-17(16-8-3-5-10-19(16)27-21)12-15-30(22)24(32)23-28-25-26-13-7-14-31(25)29-23/h3-11,13-14,22,27H,2,12,15H2,1H3/t22-/m0/s1. The highest BCUT2D eigenvalue weighted by molar-refractivity contribution is 5.93. The molecule has 6 rings (SSSR count). The molecule has 0 saturated carbocycles. The van der Waals surface area contributed by atoms with Gasteiger partial charge in [-0.2, -0.15) is 4.98 Å². The lowest BCUT2D eigenvalue weighted by atomic mass is 9.91. The van der Waals surface area contributed by atoms with Crippen molar-refractivity contribution in [3.63, 3.8) is 0 Å². The molecular weight excluding hydrogens is 416 g/mol. The van der Waals surface area contributed by atoms with Crippen molar-refractivity contribution in [1.82, 2.24) is 29.5 Å². The van der Waals surface area contributed by atoms with Gasteiger partial charge in [0.1, 0.15) is 11.8 Å². The molecule has 8 nitrogen and oxygen atoms in total. The zero-order valence-electron chi connectivity index (χ0n) is 18.1. The molecule has 2 aromatic carbocycles. The third kappa shape index (κ3) is 3.14. The Labute approximate surface area is 189 Å². The van der Waals surface area contributed by atoms with E-state index in [0.29, 0.717) is 18.9 Å². The van der Waals surface area contributed by atoms with Crippen molar-refractivity contribution in [3.05, 3.63) is 89.6 Å². The van der Waals surface area contributed by atoms with Crippen molar-refractivity contribution in [2.75, 3.05) is 13.2 Å². The Hall–Kier alpha value is -4.20. The number of hydrogen-bond donors (Lipinski definition) is 1. The first-order chi connectivity index (χ1) is 16.2. The van der Waals surface area contributed by atoms with Crippen molar-refractivity contribution in [1.29, 1.82) is 0 Å². The number of aromatic amines is 1.